The standard InChI is InChI=1S/C17H22N2O2/c1-2-19(14-15-7-4-3-5-8-15)11-10-17(20)18-13-16-9-6-12-21-16/h3-9,12H,2,10-11,13-14H2,1H3,(H,18,20). The van der Waals surface area contributed by atoms with Crippen molar-refractivity contribution in [3.63, 3.8) is 0 Å². The van der Waals surface area contributed by atoms with E-state index in [1.165, 1.54) is 5.56 Å². The molecule has 0 unspecified atom stereocenters. The van der Waals surface area contributed by atoms with Crippen LogP contribution in [0.3, 0.4) is 0 Å². The highest BCUT2D eigenvalue weighted by Crippen LogP contribution is 2.05. The summed E-state index contributed by atoms with van der Waals surface area (Å²) < 4.78 is 5.18. The zero-order chi connectivity index (χ0) is 14.9. The van der Waals surface area contributed by atoms with Crippen molar-refractivity contribution in [2.75, 3.05) is 13.1 Å². The number of hydrogen-bond donors (Lipinski definition) is 1. The largest absolute Gasteiger partial charge is 0.467 e. The predicted molar refractivity (Wildman–Crippen MR) is 82.6 cm³/mol. The number of hydrogen-bond acceptors (Lipinski definition) is 3. The Balaban J connectivity index is 1.71. The van der Waals surface area contributed by atoms with Crippen molar-refractivity contribution in [3.05, 3.63) is 60.1 Å². The van der Waals surface area contributed by atoms with Gasteiger partial charge in [0.15, 0.2) is 0 Å². The van der Waals surface area contributed by atoms with Gasteiger partial charge in [-0.3, -0.25) is 9.69 Å². The van der Waals surface area contributed by atoms with Crippen molar-refractivity contribution in [2.24, 2.45) is 0 Å². The van der Waals surface area contributed by atoms with E-state index in [1.54, 1.807) is 6.26 Å². The lowest BCUT2D eigenvalue weighted by Gasteiger charge is -2.20. The van der Waals surface area contributed by atoms with Gasteiger partial charge in [0.1, 0.15) is 5.76 Å². The molecule has 1 heterocycles. The molecule has 112 valence electrons. The van der Waals surface area contributed by atoms with E-state index < -0.39 is 0 Å². The molecule has 0 fully saturated rings. The normalized spacial score (nSPS) is 10.8. The van der Waals surface area contributed by atoms with Crippen LogP contribution in [0, 0.1) is 0 Å². The van der Waals surface area contributed by atoms with Gasteiger partial charge in [0.2, 0.25) is 5.91 Å². The summed E-state index contributed by atoms with van der Waals surface area (Å²) in [4.78, 5) is 14.1. The molecule has 0 saturated carbocycles. The molecule has 4 heteroatoms. The van der Waals surface area contributed by atoms with Gasteiger partial charge in [-0.2, -0.15) is 0 Å². The van der Waals surface area contributed by atoms with Crippen molar-refractivity contribution in [1.82, 2.24) is 10.2 Å². The average molecular weight is 286 g/mol. The van der Waals surface area contributed by atoms with Gasteiger partial charge in [-0.25, -0.2) is 0 Å². The maximum atomic E-state index is 11.8. The number of furan rings is 1. The monoisotopic (exact) mass is 286 g/mol. The molecule has 0 spiro atoms. The minimum Gasteiger partial charge on any atom is -0.467 e. The summed E-state index contributed by atoms with van der Waals surface area (Å²) in [6.07, 6.45) is 2.11. The van der Waals surface area contributed by atoms with Crippen LogP contribution < -0.4 is 5.32 Å². The fourth-order valence-corrected chi connectivity index (χ4v) is 2.14. The van der Waals surface area contributed by atoms with E-state index in [0.717, 1.165) is 25.4 Å². The first-order chi connectivity index (χ1) is 10.3. The Kier molecular flexibility index (Phi) is 6.03. The smallest absolute Gasteiger partial charge is 0.221 e. The van der Waals surface area contributed by atoms with Gasteiger partial charge in [-0.1, -0.05) is 37.3 Å². The molecule has 21 heavy (non-hydrogen) atoms. The maximum absolute atomic E-state index is 11.8. The van der Waals surface area contributed by atoms with Gasteiger partial charge in [-0.05, 0) is 24.2 Å². The molecule has 0 radical (unpaired) electrons. The van der Waals surface area contributed by atoms with Crippen molar-refractivity contribution in [3.8, 4) is 0 Å². The van der Waals surface area contributed by atoms with Crippen LogP contribution in [0.1, 0.15) is 24.7 Å². The van der Waals surface area contributed by atoms with Gasteiger partial charge in [-0.15, -0.1) is 0 Å². The Bertz CT molecular complexity index is 523. The molecular weight excluding hydrogens is 264 g/mol. The lowest BCUT2D eigenvalue weighted by atomic mass is 10.2. The number of carbonyl (C=O) groups is 1. The maximum Gasteiger partial charge on any atom is 0.221 e. The highest BCUT2D eigenvalue weighted by molar-refractivity contribution is 5.75. The van der Waals surface area contributed by atoms with Crippen LogP contribution in [0.4, 0.5) is 0 Å². The summed E-state index contributed by atoms with van der Waals surface area (Å²) in [5.74, 6) is 0.831. The first-order valence-electron chi connectivity index (χ1n) is 7.33. The lowest BCUT2D eigenvalue weighted by molar-refractivity contribution is -0.121. The molecule has 0 aliphatic heterocycles. The molecule has 0 atom stereocenters. The number of amides is 1. The van der Waals surface area contributed by atoms with Gasteiger partial charge in [0, 0.05) is 19.5 Å². The highest BCUT2D eigenvalue weighted by atomic mass is 16.3. The first kappa shape index (κ1) is 15.3. The Labute approximate surface area is 125 Å². The molecule has 1 aromatic carbocycles. The van der Waals surface area contributed by atoms with E-state index in [9.17, 15) is 4.79 Å². The van der Waals surface area contributed by atoms with Crippen LogP contribution in [-0.4, -0.2) is 23.9 Å². The van der Waals surface area contributed by atoms with E-state index in [4.69, 9.17) is 4.42 Å². The number of benzene rings is 1. The predicted octanol–water partition coefficient (Wildman–Crippen LogP) is 2.81. The minimum atomic E-state index is 0.0536. The second-order valence-electron chi connectivity index (χ2n) is 4.96. The molecule has 2 aromatic rings. The summed E-state index contributed by atoms with van der Waals surface area (Å²) in [7, 11) is 0. The van der Waals surface area contributed by atoms with E-state index in [2.05, 4.69) is 29.3 Å². The van der Waals surface area contributed by atoms with Crippen LogP contribution >= 0.6 is 0 Å². The molecule has 2 rings (SSSR count). The van der Waals surface area contributed by atoms with Crippen LogP contribution in [0.15, 0.2) is 53.1 Å². The van der Waals surface area contributed by atoms with Crippen LogP contribution in [-0.2, 0) is 17.9 Å². The first-order valence-corrected chi connectivity index (χ1v) is 7.33. The summed E-state index contributed by atoms with van der Waals surface area (Å²) >= 11 is 0. The lowest BCUT2D eigenvalue weighted by Crippen LogP contribution is -2.30. The molecule has 0 bridgehead atoms. The van der Waals surface area contributed by atoms with Gasteiger partial charge in [0.05, 0.1) is 12.8 Å². The third kappa shape index (κ3) is 5.44. The summed E-state index contributed by atoms with van der Waals surface area (Å²) in [5.41, 5.74) is 1.27. The zero-order valence-electron chi connectivity index (χ0n) is 12.4. The summed E-state index contributed by atoms with van der Waals surface area (Å²) in [5, 5.41) is 2.87. The topological polar surface area (TPSA) is 45.5 Å². The molecule has 0 aliphatic rings. The third-order valence-electron chi connectivity index (χ3n) is 3.39. The number of carbonyl (C=O) groups excluding carboxylic acids is 1. The van der Waals surface area contributed by atoms with Crippen molar-refractivity contribution in [2.45, 2.75) is 26.4 Å². The van der Waals surface area contributed by atoms with E-state index in [-0.39, 0.29) is 5.91 Å². The molecule has 4 nitrogen and oxygen atoms in total. The molecule has 1 aromatic heterocycles. The fraction of sp³-hybridized carbons (Fsp3) is 0.353. The van der Waals surface area contributed by atoms with Crippen LogP contribution in [0.5, 0.6) is 0 Å². The molecule has 0 saturated heterocycles. The van der Waals surface area contributed by atoms with Crippen molar-refractivity contribution in [1.29, 1.82) is 0 Å². The Morgan fingerprint density at radius 1 is 1.19 bits per heavy atom. The molecule has 1 N–H and O–H groups in total. The molecule has 1 amide bonds. The van der Waals surface area contributed by atoms with E-state index in [1.807, 2.05) is 30.3 Å². The van der Waals surface area contributed by atoms with E-state index in [0.29, 0.717) is 13.0 Å². The number of rotatable bonds is 8. The van der Waals surface area contributed by atoms with Gasteiger partial charge in [0.25, 0.3) is 0 Å². The van der Waals surface area contributed by atoms with Crippen molar-refractivity contribution < 1.29 is 9.21 Å². The zero-order valence-corrected chi connectivity index (χ0v) is 12.4. The number of nitrogens with one attached hydrogen (secondary N) is 1. The summed E-state index contributed by atoms with van der Waals surface area (Å²) in [6, 6.07) is 14.0. The summed E-state index contributed by atoms with van der Waals surface area (Å²) in [6.45, 7) is 5.14. The Hall–Kier alpha value is -2.07. The number of nitrogens with zero attached hydrogens (tertiary/aromatic N) is 1. The molecular formula is C17H22N2O2. The van der Waals surface area contributed by atoms with Crippen molar-refractivity contribution >= 4 is 5.91 Å². The average Bonchev–Trinajstić information content (AvgIpc) is 3.03. The highest BCUT2D eigenvalue weighted by Gasteiger charge is 2.08. The van der Waals surface area contributed by atoms with Crippen LogP contribution in [0.2, 0.25) is 0 Å². The third-order valence-corrected chi connectivity index (χ3v) is 3.39. The minimum absolute atomic E-state index is 0.0536. The SMILES string of the molecule is CCN(CCC(=O)NCc1ccco1)Cc1ccccc1. The molecule has 0 aliphatic carbocycles. The van der Waals surface area contributed by atoms with Gasteiger partial charge < -0.3 is 9.73 Å². The second kappa shape index (κ2) is 8.27. The van der Waals surface area contributed by atoms with Gasteiger partial charge >= 0.3 is 0 Å². The van der Waals surface area contributed by atoms with E-state index >= 15 is 0 Å². The Morgan fingerprint density at radius 2 is 2.00 bits per heavy atom. The fourth-order valence-electron chi connectivity index (χ4n) is 2.14. The quantitative estimate of drug-likeness (QED) is 0.811. The van der Waals surface area contributed by atoms with Crippen LogP contribution in [0.25, 0.3) is 0 Å². The second-order valence-corrected chi connectivity index (χ2v) is 4.96. The Morgan fingerprint density at radius 3 is 2.67 bits per heavy atom.